The zero-order valence-corrected chi connectivity index (χ0v) is 9.07. The molecule has 75 valence electrons. The molecule has 0 saturated carbocycles. The van der Waals surface area contributed by atoms with Crippen molar-refractivity contribution in [3.8, 4) is 0 Å². The van der Waals surface area contributed by atoms with Gasteiger partial charge in [-0.2, -0.15) is 10.2 Å². The first-order chi connectivity index (χ1) is 7.25. The van der Waals surface area contributed by atoms with Gasteiger partial charge in [0.1, 0.15) is 0 Å². The summed E-state index contributed by atoms with van der Waals surface area (Å²) in [5.41, 5.74) is 2.99. The van der Waals surface area contributed by atoms with E-state index in [0.717, 1.165) is 21.8 Å². The standard InChI is InChI=1S/C12H10ClN2/c1-9-7-10(4-5-12(9)13)8-11-3-2-6-14-15-11/h2-8H,1H3. The van der Waals surface area contributed by atoms with Gasteiger partial charge in [0, 0.05) is 17.6 Å². The fraction of sp³-hybridized carbons (Fsp3) is 0.0833. The van der Waals surface area contributed by atoms with Gasteiger partial charge in [0.05, 0.1) is 5.69 Å². The van der Waals surface area contributed by atoms with Gasteiger partial charge in [0.2, 0.25) is 0 Å². The summed E-state index contributed by atoms with van der Waals surface area (Å²) in [6.07, 6.45) is 3.63. The molecule has 2 aromatic rings. The van der Waals surface area contributed by atoms with E-state index in [2.05, 4.69) is 10.2 Å². The van der Waals surface area contributed by atoms with E-state index in [0.29, 0.717) is 0 Å². The minimum Gasteiger partial charge on any atom is -0.159 e. The molecule has 3 heteroatoms. The van der Waals surface area contributed by atoms with Crippen LogP contribution in [0, 0.1) is 13.3 Å². The molecule has 2 nitrogen and oxygen atoms in total. The van der Waals surface area contributed by atoms with Crippen LogP contribution in [-0.2, 0) is 0 Å². The lowest BCUT2D eigenvalue weighted by molar-refractivity contribution is 0.991. The lowest BCUT2D eigenvalue weighted by atomic mass is 10.1. The molecule has 0 aliphatic carbocycles. The van der Waals surface area contributed by atoms with Gasteiger partial charge in [-0.15, -0.1) is 0 Å². The van der Waals surface area contributed by atoms with Crippen LogP contribution in [0.5, 0.6) is 0 Å². The van der Waals surface area contributed by atoms with Gasteiger partial charge in [-0.25, -0.2) is 0 Å². The number of benzene rings is 1. The van der Waals surface area contributed by atoms with Crippen molar-refractivity contribution in [2.24, 2.45) is 0 Å². The first kappa shape index (κ1) is 10.1. The molecule has 0 spiro atoms. The molecule has 1 aromatic heterocycles. The van der Waals surface area contributed by atoms with Crippen LogP contribution in [0.4, 0.5) is 0 Å². The first-order valence-corrected chi connectivity index (χ1v) is 5.02. The average Bonchev–Trinajstić information content (AvgIpc) is 2.25. The molecular formula is C12H10ClN2. The topological polar surface area (TPSA) is 25.8 Å². The third-order valence-corrected chi connectivity index (χ3v) is 2.51. The van der Waals surface area contributed by atoms with Crippen LogP contribution in [0.2, 0.25) is 5.02 Å². The Morgan fingerprint density at radius 2 is 2.13 bits per heavy atom. The Morgan fingerprint density at radius 1 is 1.27 bits per heavy atom. The van der Waals surface area contributed by atoms with Crippen molar-refractivity contribution in [1.82, 2.24) is 10.2 Å². The molecule has 15 heavy (non-hydrogen) atoms. The molecule has 0 aliphatic heterocycles. The number of aromatic nitrogens is 2. The van der Waals surface area contributed by atoms with E-state index < -0.39 is 0 Å². The van der Waals surface area contributed by atoms with Crippen molar-refractivity contribution in [2.45, 2.75) is 6.92 Å². The summed E-state index contributed by atoms with van der Waals surface area (Å²) < 4.78 is 0. The summed E-state index contributed by atoms with van der Waals surface area (Å²) in [7, 11) is 0. The predicted molar refractivity (Wildman–Crippen MR) is 60.7 cm³/mol. The van der Waals surface area contributed by atoms with Crippen LogP contribution in [0.15, 0.2) is 36.5 Å². The SMILES string of the molecule is Cc1cc([CH]c2cccnn2)ccc1Cl. The highest BCUT2D eigenvalue weighted by Crippen LogP contribution is 2.18. The highest BCUT2D eigenvalue weighted by Gasteiger charge is 2.00. The summed E-state index contributed by atoms with van der Waals surface area (Å²) in [6.45, 7) is 1.98. The molecule has 0 aliphatic rings. The summed E-state index contributed by atoms with van der Waals surface area (Å²) in [5, 5.41) is 8.58. The average molecular weight is 218 g/mol. The second kappa shape index (κ2) is 4.41. The molecule has 2 rings (SSSR count). The number of nitrogens with zero attached hydrogens (tertiary/aromatic N) is 2. The largest absolute Gasteiger partial charge is 0.159 e. The van der Waals surface area contributed by atoms with Crippen molar-refractivity contribution in [3.05, 3.63) is 64.8 Å². The van der Waals surface area contributed by atoms with Gasteiger partial charge >= 0.3 is 0 Å². The zero-order valence-electron chi connectivity index (χ0n) is 8.31. The van der Waals surface area contributed by atoms with E-state index in [1.165, 1.54) is 0 Å². The third-order valence-electron chi connectivity index (χ3n) is 2.09. The normalized spacial score (nSPS) is 10.3. The Kier molecular flexibility index (Phi) is 2.97. The number of aryl methyl sites for hydroxylation is 1. The summed E-state index contributed by atoms with van der Waals surface area (Å²) in [4.78, 5) is 0. The summed E-state index contributed by atoms with van der Waals surface area (Å²) >= 11 is 5.94. The minimum absolute atomic E-state index is 0.784. The Hall–Kier alpha value is -1.41. The van der Waals surface area contributed by atoms with Crippen LogP contribution in [0.3, 0.4) is 0 Å². The second-order valence-electron chi connectivity index (χ2n) is 3.30. The lowest BCUT2D eigenvalue weighted by Crippen LogP contribution is -1.91. The van der Waals surface area contributed by atoms with Crippen molar-refractivity contribution in [1.29, 1.82) is 0 Å². The van der Waals surface area contributed by atoms with E-state index >= 15 is 0 Å². The number of hydrogen-bond acceptors (Lipinski definition) is 2. The third kappa shape index (κ3) is 2.54. The van der Waals surface area contributed by atoms with Crippen LogP contribution >= 0.6 is 11.6 Å². The van der Waals surface area contributed by atoms with Gasteiger partial charge in [-0.3, -0.25) is 0 Å². The van der Waals surface area contributed by atoms with Crippen molar-refractivity contribution >= 4 is 11.6 Å². The first-order valence-electron chi connectivity index (χ1n) is 4.64. The molecule has 1 aromatic carbocycles. The van der Waals surface area contributed by atoms with Crippen molar-refractivity contribution < 1.29 is 0 Å². The number of hydrogen-bond donors (Lipinski definition) is 0. The van der Waals surface area contributed by atoms with E-state index in [-0.39, 0.29) is 0 Å². The van der Waals surface area contributed by atoms with E-state index in [1.807, 2.05) is 43.7 Å². The van der Waals surface area contributed by atoms with Crippen molar-refractivity contribution in [2.75, 3.05) is 0 Å². The Labute approximate surface area is 93.9 Å². The maximum atomic E-state index is 5.94. The molecule has 1 radical (unpaired) electrons. The van der Waals surface area contributed by atoms with E-state index in [1.54, 1.807) is 6.20 Å². The highest BCUT2D eigenvalue weighted by molar-refractivity contribution is 6.31. The monoisotopic (exact) mass is 217 g/mol. The highest BCUT2D eigenvalue weighted by atomic mass is 35.5. The molecule has 0 N–H and O–H groups in total. The summed E-state index contributed by atoms with van der Waals surface area (Å²) in [5.74, 6) is 0. The fourth-order valence-electron chi connectivity index (χ4n) is 1.32. The Balaban J connectivity index is 2.22. The van der Waals surface area contributed by atoms with Gasteiger partial charge < -0.3 is 0 Å². The van der Waals surface area contributed by atoms with Crippen LogP contribution in [-0.4, -0.2) is 10.2 Å². The Bertz CT molecular complexity index is 454. The Morgan fingerprint density at radius 3 is 2.80 bits per heavy atom. The van der Waals surface area contributed by atoms with Gasteiger partial charge in [-0.1, -0.05) is 23.7 Å². The quantitative estimate of drug-likeness (QED) is 0.773. The van der Waals surface area contributed by atoms with Crippen molar-refractivity contribution in [3.63, 3.8) is 0 Å². The molecular weight excluding hydrogens is 208 g/mol. The van der Waals surface area contributed by atoms with E-state index in [9.17, 15) is 0 Å². The molecule has 0 fully saturated rings. The molecule has 0 bridgehead atoms. The van der Waals surface area contributed by atoms with E-state index in [4.69, 9.17) is 11.6 Å². The van der Waals surface area contributed by atoms with Crippen LogP contribution in [0.1, 0.15) is 16.8 Å². The maximum Gasteiger partial charge on any atom is 0.0715 e. The van der Waals surface area contributed by atoms with Gasteiger partial charge in [-0.05, 0) is 36.2 Å². The number of halogens is 1. The second-order valence-corrected chi connectivity index (χ2v) is 3.71. The minimum atomic E-state index is 0.784. The molecule has 0 atom stereocenters. The zero-order chi connectivity index (χ0) is 10.7. The molecule has 0 saturated heterocycles. The smallest absolute Gasteiger partial charge is 0.0715 e. The van der Waals surface area contributed by atoms with Gasteiger partial charge in [0.15, 0.2) is 0 Å². The predicted octanol–water partition coefficient (Wildman–Crippen LogP) is 3.04. The molecule has 0 unspecified atom stereocenters. The molecule has 1 heterocycles. The summed E-state index contributed by atoms with van der Waals surface area (Å²) in [6, 6.07) is 9.65. The van der Waals surface area contributed by atoms with Crippen LogP contribution in [0.25, 0.3) is 0 Å². The number of rotatable bonds is 2. The van der Waals surface area contributed by atoms with Crippen LogP contribution < -0.4 is 0 Å². The van der Waals surface area contributed by atoms with Gasteiger partial charge in [0.25, 0.3) is 0 Å². The molecule has 0 amide bonds. The fourth-order valence-corrected chi connectivity index (χ4v) is 1.44. The lowest BCUT2D eigenvalue weighted by Gasteiger charge is -2.02. The maximum absolute atomic E-state index is 5.94.